The minimum Gasteiger partial charge on any atom is -0.379 e. The summed E-state index contributed by atoms with van der Waals surface area (Å²) in [6.07, 6.45) is 3.33. The van der Waals surface area contributed by atoms with Crippen LogP contribution < -0.4 is 9.80 Å². The minimum absolute atomic E-state index is 0.0349. The van der Waals surface area contributed by atoms with Crippen molar-refractivity contribution >= 4 is 17.3 Å². The Morgan fingerprint density at radius 3 is 2.42 bits per heavy atom. The highest BCUT2D eigenvalue weighted by atomic mass is 16.5. The van der Waals surface area contributed by atoms with Crippen LogP contribution in [-0.2, 0) is 4.74 Å². The molecule has 2 aliphatic heterocycles. The normalized spacial score (nSPS) is 17.8. The molecule has 0 unspecified atom stereocenters. The fraction of sp³-hybridized carbons (Fsp3) is 0.400. The van der Waals surface area contributed by atoms with Gasteiger partial charge >= 0.3 is 0 Å². The number of hydrogen-bond donors (Lipinski definition) is 0. The standard InChI is InChI=1S/C20H24N4O2/c25-20(17-5-7-21-8-6-17)24-12-11-23(18-3-1-2-4-19(18)24)10-9-22-13-15-26-16-14-22/h1-8H,9-16H2. The number of nitrogens with zero attached hydrogens (tertiary/aromatic N) is 4. The van der Waals surface area contributed by atoms with Gasteiger partial charge < -0.3 is 14.5 Å². The van der Waals surface area contributed by atoms with E-state index in [1.165, 1.54) is 0 Å². The quantitative estimate of drug-likeness (QED) is 0.841. The van der Waals surface area contributed by atoms with Crippen LogP contribution in [0.25, 0.3) is 0 Å². The van der Waals surface area contributed by atoms with Gasteiger partial charge in [-0.05, 0) is 24.3 Å². The van der Waals surface area contributed by atoms with E-state index in [1.807, 2.05) is 23.1 Å². The SMILES string of the molecule is O=C(c1ccncc1)N1CCN(CCN2CCOCC2)c2ccccc21. The van der Waals surface area contributed by atoms with Gasteiger partial charge in [-0.3, -0.25) is 14.7 Å². The lowest BCUT2D eigenvalue weighted by molar-refractivity contribution is 0.0391. The van der Waals surface area contributed by atoms with Crippen molar-refractivity contribution in [1.29, 1.82) is 0 Å². The fourth-order valence-electron chi connectivity index (χ4n) is 3.60. The van der Waals surface area contributed by atoms with Crippen molar-refractivity contribution in [3.05, 3.63) is 54.4 Å². The van der Waals surface area contributed by atoms with Gasteiger partial charge in [-0.1, -0.05) is 12.1 Å². The van der Waals surface area contributed by atoms with Gasteiger partial charge in [0.1, 0.15) is 0 Å². The Kier molecular flexibility index (Phi) is 5.13. The first-order valence-electron chi connectivity index (χ1n) is 9.19. The summed E-state index contributed by atoms with van der Waals surface area (Å²) >= 11 is 0. The van der Waals surface area contributed by atoms with Gasteiger partial charge in [0.05, 0.1) is 24.6 Å². The number of pyridine rings is 1. The van der Waals surface area contributed by atoms with Gasteiger partial charge in [0.25, 0.3) is 5.91 Å². The molecule has 0 N–H and O–H groups in total. The highest BCUT2D eigenvalue weighted by Crippen LogP contribution is 2.33. The van der Waals surface area contributed by atoms with Crippen LogP contribution in [0.2, 0.25) is 0 Å². The molecule has 0 spiro atoms. The maximum atomic E-state index is 12.9. The average Bonchev–Trinajstić information content (AvgIpc) is 2.73. The second-order valence-corrected chi connectivity index (χ2v) is 6.62. The van der Waals surface area contributed by atoms with E-state index in [1.54, 1.807) is 24.5 Å². The molecular weight excluding hydrogens is 328 g/mol. The molecule has 0 aliphatic carbocycles. The molecule has 136 valence electrons. The topological polar surface area (TPSA) is 48.9 Å². The zero-order chi connectivity index (χ0) is 17.8. The van der Waals surface area contributed by atoms with Crippen LogP contribution in [0.15, 0.2) is 48.8 Å². The molecular formula is C20H24N4O2. The molecule has 6 heteroatoms. The number of carbonyl (C=O) groups is 1. The van der Waals surface area contributed by atoms with E-state index < -0.39 is 0 Å². The van der Waals surface area contributed by atoms with Crippen LogP contribution in [0.1, 0.15) is 10.4 Å². The molecule has 0 saturated carbocycles. The number of carbonyl (C=O) groups excluding carboxylic acids is 1. The molecule has 1 amide bonds. The number of anilines is 2. The largest absolute Gasteiger partial charge is 0.379 e. The maximum Gasteiger partial charge on any atom is 0.258 e. The zero-order valence-corrected chi connectivity index (χ0v) is 14.9. The number of rotatable bonds is 4. The first-order valence-corrected chi connectivity index (χ1v) is 9.19. The predicted molar refractivity (Wildman–Crippen MR) is 102 cm³/mol. The Hall–Kier alpha value is -2.44. The summed E-state index contributed by atoms with van der Waals surface area (Å²) in [4.78, 5) is 23.7. The van der Waals surface area contributed by atoms with E-state index in [4.69, 9.17) is 4.74 Å². The molecule has 2 aliphatic rings. The minimum atomic E-state index is 0.0349. The van der Waals surface area contributed by atoms with Crippen LogP contribution in [0, 0.1) is 0 Å². The highest BCUT2D eigenvalue weighted by molar-refractivity contribution is 6.08. The number of para-hydroxylation sites is 2. The highest BCUT2D eigenvalue weighted by Gasteiger charge is 2.27. The summed E-state index contributed by atoms with van der Waals surface area (Å²) in [6, 6.07) is 11.7. The Morgan fingerprint density at radius 1 is 0.923 bits per heavy atom. The Labute approximate surface area is 154 Å². The lowest BCUT2D eigenvalue weighted by Gasteiger charge is -2.39. The zero-order valence-electron chi connectivity index (χ0n) is 14.9. The molecule has 0 radical (unpaired) electrons. The number of hydrogen-bond acceptors (Lipinski definition) is 5. The van der Waals surface area contributed by atoms with E-state index in [9.17, 15) is 4.79 Å². The molecule has 4 rings (SSSR count). The van der Waals surface area contributed by atoms with Gasteiger partial charge in [-0.25, -0.2) is 0 Å². The number of aromatic nitrogens is 1. The van der Waals surface area contributed by atoms with E-state index in [0.717, 1.165) is 57.3 Å². The van der Waals surface area contributed by atoms with Gasteiger partial charge in [0.2, 0.25) is 0 Å². The second kappa shape index (κ2) is 7.85. The van der Waals surface area contributed by atoms with Crippen LogP contribution in [0.4, 0.5) is 11.4 Å². The number of morpholine rings is 1. The molecule has 6 nitrogen and oxygen atoms in total. The molecule has 0 atom stereocenters. The molecule has 1 saturated heterocycles. The third-order valence-corrected chi connectivity index (χ3v) is 5.07. The van der Waals surface area contributed by atoms with Gasteiger partial charge in [0, 0.05) is 57.2 Å². The number of amides is 1. The molecule has 0 bridgehead atoms. The molecule has 26 heavy (non-hydrogen) atoms. The molecule has 1 fully saturated rings. The third kappa shape index (κ3) is 3.57. The second-order valence-electron chi connectivity index (χ2n) is 6.62. The van der Waals surface area contributed by atoms with E-state index in [-0.39, 0.29) is 5.91 Å². The van der Waals surface area contributed by atoms with Crippen LogP contribution in [0.5, 0.6) is 0 Å². The van der Waals surface area contributed by atoms with Crippen LogP contribution in [-0.4, -0.2) is 68.3 Å². The van der Waals surface area contributed by atoms with Crippen LogP contribution in [0.3, 0.4) is 0 Å². The molecule has 3 heterocycles. The monoisotopic (exact) mass is 352 g/mol. The summed E-state index contributed by atoms with van der Waals surface area (Å²) in [6.45, 7) is 7.18. The average molecular weight is 352 g/mol. The molecule has 2 aromatic rings. The van der Waals surface area contributed by atoms with Crippen molar-refractivity contribution in [2.24, 2.45) is 0 Å². The smallest absolute Gasteiger partial charge is 0.258 e. The summed E-state index contributed by atoms with van der Waals surface area (Å²) in [5.41, 5.74) is 2.80. The van der Waals surface area contributed by atoms with E-state index in [2.05, 4.69) is 20.9 Å². The number of benzene rings is 1. The van der Waals surface area contributed by atoms with Crippen LogP contribution >= 0.6 is 0 Å². The third-order valence-electron chi connectivity index (χ3n) is 5.07. The predicted octanol–water partition coefficient (Wildman–Crippen LogP) is 1.88. The lowest BCUT2D eigenvalue weighted by atomic mass is 10.1. The lowest BCUT2D eigenvalue weighted by Crippen LogP contribution is -2.47. The van der Waals surface area contributed by atoms with Crippen molar-refractivity contribution in [2.75, 3.05) is 62.3 Å². The Bertz CT molecular complexity index is 746. The molecule has 1 aromatic heterocycles. The van der Waals surface area contributed by atoms with E-state index in [0.29, 0.717) is 12.1 Å². The first-order chi connectivity index (χ1) is 12.8. The first kappa shape index (κ1) is 17.0. The summed E-state index contributed by atoms with van der Waals surface area (Å²) in [7, 11) is 0. The Balaban J connectivity index is 1.50. The van der Waals surface area contributed by atoms with Crippen molar-refractivity contribution in [1.82, 2.24) is 9.88 Å². The van der Waals surface area contributed by atoms with Crippen molar-refractivity contribution in [3.8, 4) is 0 Å². The summed E-state index contributed by atoms with van der Waals surface area (Å²) in [5, 5.41) is 0. The number of fused-ring (bicyclic) bond motifs is 1. The van der Waals surface area contributed by atoms with Gasteiger partial charge in [0.15, 0.2) is 0 Å². The van der Waals surface area contributed by atoms with Gasteiger partial charge in [-0.15, -0.1) is 0 Å². The maximum absolute atomic E-state index is 12.9. The summed E-state index contributed by atoms with van der Waals surface area (Å²) in [5.74, 6) is 0.0349. The number of ether oxygens (including phenoxy) is 1. The van der Waals surface area contributed by atoms with E-state index >= 15 is 0 Å². The fourth-order valence-corrected chi connectivity index (χ4v) is 3.60. The van der Waals surface area contributed by atoms with Gasteiger partial charge in [-0.2, -0.15) is 0 Å². The Morgan fingerprint density at radius 2 is 1.65 bits per heavy atom. The molecule has 1 aromatic carbocycles. The summed E-state index contributed by atoms with van der Waals surface area (Å²) < 4.78 is 5.43. The van der Waals surface area contributed by atoms with Crippen molar-refractivity contribution in [2.45, 2.75) is 0 Å². The van der Waals surface area contributed by atoms with Crippen molar-refractivity contribution < 1.29 is 9.53 Å². The van der Waals surface area contributed by atoms with Crippen molar-refractivity contribution in [3.63, 3.8) is 0 Å².